The van der Waals surface area contributed by atoms with E-state index in [0.717, 1.165) is 24.5 Å². The molecular formula is C11H20N4OS. The number of hydrogen-bond donors (Lipinski definition) is 2. The quantitative estimate of drug-likeness (QED) is 0.799. The molecule has 0 saturated heterocycles. The highest BCUT2D eigenvalue weighted by molar-refractivity contribution is 7.84. The van der Waals surface area contributed by atoms with E-state index in [0.29, 0.717) is 11.6 Å². The third-order valence-corrected chi connectivity index (χ3v) is 3.15. The van der Waals surface area contributed by atoms with Crippen molar-refractivity contribution in [3.8, 4) is 0 Å². The minimum Gasteiger partial charge on any atom is -0.384 e. The molecule has 0 saturated carbocycles. The number of nitrogens with zero attached hydrogens (tertiary/aromatic N) is 2. The molecule has 17 heavy (non-hydrogen) atoms. The lowest BCUT2D eigenvalue weighted by atomic mass is 10.2. The van der Waals surface area contributed by atoms with Gasteiger partial charge in [0.15, 0.2) is 0 Å². The lowest BCUT2D eigenvalue weighted by molar-refractivity contribution is 0.678. The van der Waals surface area contributed by atoms with Crippen molar-refractivity contribution in [1.82, 2.24) is 9.97 Å². The molecular weight excluding hydrogens is 236 g/mol. The normalized spacial score (nSPS) is 14.3. The molecule has 0 fully saturated rings. The van der Waals surface area contributed by atoms with Crippen molar-refractivity contribution < 1.29 is 4.21 Å². The lowest BCUT2D eigenvalue weighted by Gasteiger charge is -2.14. The number of rotatable bonds is 6. The average Bonchev–Trinajstić information content (AvgIpc) is 2.25. The van der Waals surface area contributed by atoms with E-state index in [1.807, 2.05) is 13.8 Å². The van der Waals surface area contributed by atoms with Crippen LogP contribution in [0.15, 0.2) is 6.07 Å². The van der Waals surface area contributed by atoms with Crippen molar-refractivity contribution in [3.63, 3.8) is 0 Å². The van der Waals surface area contributed by atoms with E-state index >= 15 is 0 Å². The fourth-order valence-corrected chi connectivity index (χ4v) is 2.10. The van der Waals surface area contributed by atoms with E-state index in [4.69, 9.17) is 5.73 Å². The first kappa shape index (κ1) is 13.9. The first-order valence-electron chi connectivity index (χ1n) is 5.71. The zero-order valence-electron chi connectivity index (χ0n) is 10.6. The summed E-state index contributed by atoms with van der Waals surface area (Å²) in [6, 6.07) is 1.94. The molecule has 1 aromatic rings. The van der Waals surface area contributed by atoms with Crippen molar-refractivity contribution >= 4 is 22.4 Å². The summed E-state index contributed by atoms with van der Waals surface area (Å²) < 4.78 is 11.0. The highest BCUT2D eigenvalue weighted by Crippen LogP contribution is 2.11. The van der Waals surface area contributed by atoms with Crippen LogP contribution < -0.4 is 11.1 Å². The molecule has 0 radical (unpaired) electrons. The maximum atomic E-state index is 11.0. The molecule has 1 aromatic heterocycles. The number of aromatic nitrogens is 2. The molecule has 0 aromatic carbocycles. The summed E-state index contributed by atoms with van der Waals surface area (Å²) in [5.74, 6) is 2.64. The minimum atomic E-state index is -0.752. The second-order valence-corrected chi connectivity index (χ2v) is 5.61. The summed E-state index contributed by atoms with van der Waals surface area (Å²) in [5, 5.41) is 3.25. The van der Waals surface area contributed by atoms with Gasteiger partial charge in [0.25, 0.3) is 0 Å². The molecule has 96 valence electrons. The Hall–Kier alpha value is -1.17. The van der Waals surface area contributed by atoms with Crippen molar-refractivity contribution in [3.05, 3.63) is 11.9 Å². The summed E-state index contributed by atoms with van der Waals surface area (Å²) in [7, 11) is -0.752. The van der Waals surface area contributed by atoms with E-state index in [-0.39, 0.29) is 6.04 Å². The molecule has 0 aliphatic heterocycles. The van der Waals surface area contributed by atoms with E-state index < -0.39 is 10.8 Å². The lowest BCUT2D eigenvalue weighted by Crippen LogP contribution is -2.19. The first-order chi connectivity index (χ1) is 8.01. The molecule has 1 rings (SSSR count). The number of nitrogens with one attached hydrogen (secondary N) is 1. The molecule has 6 heteroatoms. The number of anilines is 2. The van der Waals surface area contributed by atoms with Crippen LogP contribution in [-0.2, 0) is 17.2 Å². The second kappa shape index (κ2) is 6.54. The van der Waals surface area contributed by atoms with E-state index in [1.54, 1.807) is 12.3 Å². The molecule has 0 bridgehead atoms. The fourth-order valence-electron chi connectivity index (χ4n) is 1.42. The van der Waals surface area contributed by atoms with Gasteiger partial charge in [-0.1, -0.05) is 6.92 Å². The van der Waals surface area contributed by atoms with Crippen molar-refractivity contribution in [1.29, 1.82) is 0 Å². The Balaban J connectivity index is 2.61. The van der Waals surface area contributed by atoms with Crippen LogP contribution in [0.5, 0.6) is 0 Å². The predicted molar refractivity (Wildman–Crippen MR) is 72.5 cm³/mol. The van der Waals surface area contributed by atoms with Gasteiger partial charge in [-0.25, -0.2) is 9.97 Å². The monoisotopic (exact) mass is 256 g/mol. The van der Waals surface area contributed by atoms with Crippen LogP contribution in [0, 0.1) is 0 Å². The largest absolute Gasteiger partial charge is 0.384 e. The maximum Gasteiger partial charge on any atom is 0.132 e. The van der Waals surface area contributed by atoms with Gasteiger partial charge in [0, 0.05) is 41.3 Å². The molecule has 0 amide bonds. The van der Waals surface area contributed by atoms with Gasteiger partial charge in [-0.3, -0.25) is 4.21 Å². The molecule has 5 nitrogen and oxygen atoms in total. The van der Waals surface area contributed by atoms with E-state index in [2.05, 4.69) is 15.3 Å². The van der Waals surface area contributed by atoms with Gasteiger partial charge in [-0.15, -0.1) is 0 Å². The summed E-state index contributed by atoms with van der Waals surface area (Å²) in [4.78, 5) is 8.45. The van der Waals surface area contributed by atoms with Gasteiger partial charge in [-0.05, 0) is 13.3 Å². The van der Waals surface area contributed by atoms with Crippen LogP contribution >= 0.6 is 0 Å². The van der Waals surface area contributed by atoms with Gasteiger partial charge >= 0.3 is 0 Å². The number of hydrogen-bond acceptors (Lipinski definition) is 5. The van der Waals surface area contributed by atoms with Crippen molar-refractivity contribution in [2.45, 2.75) is 32.7 Å². The van der Waals surface area contributed by atoms with Crippen LogP contribution in [0.4, 0.5) is 11.6 Å². The summed E-state index contributed by atoms with van der Waals surface area (Å²) in [6.45, 7) is 4.03. The number of aryl methyl sites for hydroxylation is 1. The Morgan fingerprint density at radius 3 is 2.82 bits per heavy atom. The Labute approximate surface area is 105 Å². The summed E-state index contributed by atoms with van der Waals surface area (Å²) >= 11 is 0. The van der Waals surface area contributed by atoms with Crippen molar-refractivity contribution in [2.24, 2.45) is 0 Å². The van der Waals surface area contributed by atoms with Crippen LogP contribution in [-0.4, -0.2) is 32.2 Å². The maximum absolute atomic E-state index is 11.0. The zero-order valence-corrected chi connectivity index (χ0v) is 11.4. The van der Waals surface area contributed by atoms with Crippen LogP contribution in [0.25, 0.3) is 0 Å². The van der Waals surface area contributed by atoms with Crippen molar-refractivity contribution in [2.75, 3.05) is 23.1 Å². The molecule has 1 heterocycles. The molecule has 0 aliphatic carbocycles. The predicted octanol–water partition coefficient (Wildman–Crippen LogP) is 1.19. The van der Waals surface area contributed by atoms with Crippen LogP contribution in [0.2, 0.25) is 0 Å². The highest BCUT2D eigenvalue weighted by Gasteiger charge is 2.06. The highest BCUT2D eigenvalue weighted by atomic mass is 32.2. The van der Waals surface area contributed by atoms with Gasteiger partial charge in [0.05, 0.1) is 0 Å². The minimum absolute atomic E-state index is 0.220. The van der Waals surface area contributed by atoms with Crippen LogP contribution in [0.1, 0.15) is 26.1 Å². The summed E-state index contributed by atoms with van der Waals surface area (Å²) in [6.07, 6.45) is 3.31. The third kappa shape index (κ3) is 5.12. The van der Waals surface area contributed by atoms with Gasteiger partial charge in [-0.2, -0.15) is 0 Å². The molecule has 0 spiro atoms. The Morgan fingerprint density at radius 1 is 1.53 bits per heavy atom. The molecule has 2 unspecified atom stereocenters. The Bertz CT molecular complexity index is 397. The molecule has 0 aliphatic rings. The Morgan fingerprint density at radius 2 is 2.24 bits per heavy atom. The SMILES string of the molecule is CCc1nc(N)cc(NC(C)CCS(C)=O)n1. The molecule has 3 N–H and O–H groups in total. The molecule has 2 atom stereocenters. The fraction of sp³-hybridized carbons (Fsp3) is 0.636. The number of nitrogens with two attached hydrogens (primary N) is 1. The topological polar surface area (TPSA) is 80.9 Å². The number of nitrogen functional groups attached to an aromatic ring is 1. The van der Waals surface area contributed by atoms with Gasteiger partial charge in [0.1, 0.15) is 17.5 Å². The average molecular weight is 256 g/mol. The van der Waals surface area contributed by atoms with E-state index in [1.165, 1.54) is 0 Å². The zero-order chi connectivity index (χ0) is 12.8. The van der Waals surface area contributed by atoms with Crippen LogP contribution in [0.3, 0.4) is 0 Å². The second-order valence-electron chi connectivity index (χ2n) is 4.06. The Kier molecular flexibility index (Phi) is 5.34. The van der Waals surface area contributed by atoms with Gasteiger partial charge in [0.2, 0.25) is 0 Å². The standard InChI is InChI=1S/C11H20N4OS/c1-4-10-14-9(12)7-11(15-10)13-8(2)5-6-17(3)16/h7-8H,4-6H2,1-3H3,(H3,12,13,14,15). The summed E-state index contributed by atoms with van der Waals surface area (Å²) in [5.41, 5.74) is 5.69. The van der Waals surface area contributed by atoms with Gasteiger partial charge < -0.3 is 11.1 Å². The third-order valence-electron chi connectivity index (χ3n) is 2.34. The van der Waals surface area contributed by atoms with E-state index in [9.17, 15) is 4.21 Å². The smallest absolute Gasteiger partial charge is 0.132 e. The first-order valence-corrected chi connectivity index (χ1v) is 7.44.